The van der Waals surface area contributed by atoms with Crippen molar-refractivity contribution >= 4 is 19.3 Å². The Morgan fingerprint density at radius 1 is 0.826 bits per heavy atom. The van der Waals surface area contributed by atoms with E-state index in [0.29, 0.717) is 0 Å². The molecule has 0 atom stereocenters. The van der Waals surface area contributed by atoms with E-state index in [-0.39, 0.29) is 41.5 Å². The molecule has 0 aliphatic carbocycles. The molecule has 2 aromatic rings. The number of rotatable bonds is 6. The fourth-order valence-electron chi connectivity index (χ4n) is 1.72. The molecule has 0 aromatic heterocycles. The SMILES string of the molecule is O=C(O)c1ccccc1OB([O-])Oc1ccccc1C(=O)O.[Li+]. The Bertz CT molecular complexity index is 648. The van der Waals surface area contributed by atoms with Crippen LogP contribution in [-0.2, 0) is 0 Å². The maximum absolute atomic E-state index is 11.8. The van der Waals surface area contributed by atoms with E-state index in [9.17, 15) is 14.6 Å². The second kappa shape index (κ2) is 8.29. The first-order valence-electron chi connectivity index (χ1n) is 6.13. The molecular formula is C14H10BLiO7. The zero-order valence-electron chi connectivity index (χ0n) is 12.1. The van der Waals surface area contributed by atoms with Gasteiger partial charge in [-0.3, -0.25) is 0 Å². The summed E-state index contributed by atoms with van der Waals surface area (Å²) in [6.07, 6.45) is 0. The van der Waals surface area contributed by atoms with Gasteiger partial charge in [-0.1, -0.05) is 24.3 Å². The van der Waals surface area contributed by atoms with E-state index in [1.165, 1.54) is 48.5 Å². The first kappa shape index (κ1) is 18.7. The van der Waals surface area contributed by atoms with Crippen molar-refractivity contribution in [2.24, 2.45) is 0 Å². The molecule has 23 heavy (non-hydrogen) atoms. The molecule has 0 aliphatic heterocycles. The van der Waals surface area contributed by atoms with Gasteiger partial charge in [-0.2, -0.15) is 0 Å². The summed E-state index contributed by atoms with van der Waals surface area (Å²) in [5, 5.41) is 29.8. The van der Waals surface area contributed by atoms with Crippen molar-refractivity contribution in [1.82, 2.24) is 0 Å². The fourth-order valence-corrected chi connectivity index (χ4v) is 1.72. The van der Waals surface area contributed by atoms with Gasteiger partial charge in [0.05, 0.1) is 11.1 Å². The van der Waals surface area contributed by atoms with Crippen molar-refractivity contribution in [3.05, 3.63) is 59.7 Å². The van der Waals surface area contributed by atoms with Crippen molar-refractivity contribution in [3.63, 3.8) is 0 Å². The molecule has 0 radical (unpaired) electrons. The van der Waals surface area contributed by atoms with Crippen LogP contribution in [0.4, 0.5) is 0 Å². The van der Waals surface area contributed by atoms with E-state index < -0.39 is 19.3 Å². The third-order valence-electron chi connectivity index (χ3n) is 2.68. The summed E-state index contributed by atoms with van der Waals surface area (Å²) >= 11 is 0. The summed E-state index contributed by atoms with van der Waals surface area (Å²) in [5.74, 6) is -2.84. The Hall–Kier alpha value is -2.40. The largest absolute Gasteiger partial charge is 1.00 e. The number of aromatic carboxylic acids is 2. The Morgan fingerprint density at radius 2 is 1.17 bits per heavy atom. The number of hydrogen-bond donors (Lipinski definition) is 2. The average Bonchev–Trinajstić information content (AvgIpc) is 2.47. The molecule has 0 unspecified atom stereocenters. The molecule has 2 aromatic carbocycles. The van der Waals surface area contributed by atoms with Crippen LogP contribution in [0.15, 0.2) is 48.5 Å². The minimum atomic E-state index is -2.11. The van der Waals surface area contributed by atoms with Crippen molar-refractivity contribution in [1.29, 1.82) is 0 Å². The number of para-hydroxylation sites is 2. The number of carbonyl (C=O) groups is 2. The molecule has 0 aliphatic rings. The Kier molecular flexibility index (Phi) is 6.72. The van der Waals surface area contributed by atoms with Crippen LogP contribution in [0.5, 0.6) is 11.5 Å². The average molecular weight is 308 g/mol. The van der Waals surface area contributed by atoms with Crippen LogP contribution in [0.1, 0.15) is 20.7 Å². The van der Waals surface area contributed by atoms with Crippen LogP contribution >= 0.6 is 0 Å². The molecule has 0 saturated carbocycles. The van der Waals surface area contributed by atoms with E-state index in [0.717, 1.165) is 0 Å². The van der Waals surface area contributed by atoms with Crippen LogP contribution in [0, 0.1) is 0 Å². The van der Waals surface area contributed by atoms with Crippen molar-refractivity contribution in [2.75, 3.05) is 0 Å². The number of carboxylic acid groups (broad SMARTS) is 2. The van der Waals surface area contributed by atoms with Crippen LogP contribution < -0.4 is 33.2 Å². The molecule has 0 fully saturated rings. The molecule has 0 saturated heterocycles. The minimum Gasteiger partial charge on any atom is -0.808 e. The maximum atomic E-state index is 11.8. The van der Waals surface area contributed by atoms with Gasteiger partial charge in [0.25, 0.3) is 0 Å². The second-order valence-electron chi connectivity index (χ2n) is 4.13. The van der Waals surface area contributed by atoms with E-state index in [2.05, 4.69) is 0 Å². The molecular weight excluding hydrogens is 298 g/mol. The Balaban J connectivity index is 0.00000264. The van der Waals surface area contributed by atoms with Gasteiger partial charge in [0.15, 0.2) is 0 Å². The smallest absolute Gasteiger partial charge is 0.808 e. The zero-order chi connectivity index (χ0) is 16.1. The number of carboxylic acids is 2. The van der Waals surface area contributed by atoms with E-state index >= 15 is 0 Å². The third kappa shape index (κ3) is 4.79. The van der Waals surface area contributed by atoms with Gasteiger partial charge in [0, 0.05) is 0 Å². The third-order valence-corrected chi connectivity index (χ3v) is 2.68. The molecule has 9 heteroatoms. The fraction of sp³-hybridized carbons (Fsp3) is 0. The monoisotopic (exact) mass is 308 g/mol. The molecule has 0 amide bonds. The predicted octanol–water partition coefficient (Wildman–Crippen LogP) is -2.11. The first-order chi connectivity index (χ1) is 10.5. The van der Waals surface area contributed by atoms with Crippen molar-refractivity contribution in [3.8, 4) is 11.5 Å². The quantitative estimate of drug-likeness (QED) is 0.587. The van der Waals surface area contributed by atoms with Gasteiger partial charge >= 0.3 is 38.1 Å². The number of hydrogen-bond acceptors (Lipinski definition) is 5. The normalized spacial score (nSPS) is 9.43. The van der Waals surface area contributed by atoms with Gasteiger partial charge in [0.1, 0.15) is 11.5 Å². The van der Waals surface area contributed by atoms with E-state index in [1.54, 1.807) is 0 Å². The van der Waals surface area contributed by atoms with Crippen LogP contribution in [0.2, 0.25) is 0 Å². The molecule has 2 N–H and O–H groups in total. The standard InChI is InChI=1S/C14H10BO7.Li/c16-13(17)9-5-1-3-7-11(9)21-15(20)22-12-8-4-2-6-10(12)14(18)19;/h1-8H,(H,16,17)(H,18,19);/q-1;+1. The zero-order valence-corrected chi connectivity index (χ0v) is 12.1. The predicted molar refractivity (Wildman–Crippen MR) is 73.8 cm³/mol. The number of benzene rings is 2. The van der Waals surface area contributed by atoms with Gasteiger partial charge in [-0.15, -0.1) is 0 Å². The Labute approximate surface area is 143 Å². The summed E-state index contributed by atoms with van der Waals surface area (Å²) in [5.41, 5.74) is -0.392. The van der Waals surface area contributed by atoms with E-state index in [4.69, 9.17) is 19.5 Å². The summed E-state index contributed by atoms with van der Waals surface area (Å²) in [7, 11) is -2.11. The van der Waals surface area contributed by atoms with Gasteiger partial charge in [-0.25, -0.2) is 9.59 Å². The first-order valence-corrected chi connectivity index (χ1v) is 6.13. The van der Waals surface area contributed by atoms with Crippen LogP contribution in [-0.4, -0.2) is 29.5 Å². The maximum Gasteiger partial charge on any atom is 1.00 e. The van der Waals surface area contributed by atoms with Crippen molar-refractivity contribution in [2.45, 2.75) is 0 Å². The summed E-state index contributed by atoms with van der Waals surface area (Å²) in [6, 6.07) is 11.1. The van der Waals surface area contributed by atoms with Gasteiger partial charge in [-0.05, 0) is 24.3 Å². The molecule has 2 rings (SSSR count). The minimum absolute atomic E-state index is 0. The molecule has 7 nitrogen and oxygen atoms in total. The molecule has 0 spiro atoms. The summed E-state index contributed by atoms with van der Waals surface area (Å²) in [4.78, 5) is 22.0. The second-order valence-corrected chi connectivity index (χ2v) is 4.13. The summed E-state index contributed by atoms with van der Waals surface area (Å²) < 4.78 is 9.79. The summed E-state index contributed by atoms with van der Waals surface area (Å²) in [6.45, 7) is 0. The topological polar surface area (TPSA) is 116 Å². The molecule has 112 valence electrons. The molecule has 0 bridgehead atoms. The van der Waals surface area contributed by atoms with Crippen LogP contribution in [0.25, 0.3) is 0 Å². The van der Waals surface area contributed by atoms with Gasteiger partial charge < -0.3 is 24.5 Å². The molecule has 0 heterocycles. The Morgan fingerprint density at radius 3 is 1.52 bits per heavy atom. The van der Waals surface area contributed by atoms with Crippen molar-refractivity contribution < 1.29 is 53.0 Å². The van der Waals surface area contributed by atoms with E-state index in [1.807, 2.05) is 0 Å². The van der Waals surface area contributed by atoms with Gasteiger partial charge in [0.2, 0.25) is 0 Å². The van der Waals surface area contributed by atoms with Crippen LogP contribution in [0.3, 0.4) is 0 Å².